The Morgan fingerprint density at radius 3 is 2.93 bits per heavy atom. The molecule has 144 valence electrons. The van der Waals surface area contributed by atoms with Crippen LogP contribution >= 0.6 is 0 Å². The highest BCUT2D eigenvalue weighted by Gasteiger charge is 2.24. The van der Waals surface area contributed by atoms with E-state index >= 15 is 0 Å². The van der Waals surface area contributed by atoms with Gasteiger partial charge in [0.25, 0.3) is 5.56 Å². The Bertz CT molecular complexity index is 863. The smallest absolute Gasteiger partial charge is 0.256 e. The SMILES string of the molecule is CCCCCCC(=O)N1CCc2nc(Cc3cccc(F)c3)[nH]c(=O)c2C1. The van der Waals surface area contributed by atoms with Crippen molar-refractivity contribution >= 4 is 5.91 Å². The van der Waals surface area contributed by atoms with Crippen LogP contribution in [-0.2, 0) is 24.2 Å². The zero-order valence-electron chi connectivity index (χ0n) is 15.8. The summed E-state index contributed by atoms with van der Waals surface area (Å²) in [6.07, 6.45) is 5.75. The maximum absolute atomic E-state index is 13.3. The average molecular weight is 371 g/mol. The molecule has 0 unspecified atom stereocenters. The third-order valence-corrected chi connectivity index (χ3v) is 4.98. The molecule has 0 fully saturated rings. The Morgan fingerprint density at radius 1 is 1.30 bits per heavy atom. The van der Waals surface area contributed by atoms with Crippen molar-refractivity contribution in [2.75, 3.05) is 6.54 Å². The minimum Gasteiger partial charge on any atom is -0.338 e. The van der Waals surface area contributed by atoms with E-state index in [0.717, 1.165) is 36.9 Å². The second-order valence-corrected chi connectivity index (χ2v) is 7.12. The van der Waals surface area contributed by atoms with E-state index in [9.17, 15) is 14.0 Å². The summed E-state index contributed by atoms with van der Waals surface area (Å²) in [5.41, 5.74) is 1.89. The summed E-state index contributed by atoms with van der Waals surface area (Å²) >= 11 is 0. The van der Waals surface area contributed by atoms with Gasteiger partial charge in [0, 0.05) is 25.8 Å². The molecule has 0 spiro atoms. The molecule has 1 aromatic heterocycles. The number of fused-ring (bicyclic) bond motifs is 1. The van der Waals surface area contributed by atoms with Gasteiger partial charge in [-0.3, -0.25) is 9.59 Å². The van der Waals surface area contributed by atoms with Gasteiger partial charge in [-0.1, -0.05) is 38.3 Å². The number of hydrogen-bond acceptors (Lipinski definition) is 3. The quantitative estimate of drug-likeness (QED) is 0.759. The Balaban J connectivity index is 1.67. The normalized spacial score (nSPS) is 13.5. The van der Waals surface area contributed by atoms with E-state index < -0.39 is 0 Å². The minimum absolute atomic E-state index is 0.111. The zero-order chi connectivity index (χ0) is 19.2. The van der Waals surface area contributed by atoms with Crippen LogP contribution in [0.2, 0.25) is 0 Å². The van der Waals surface area contributed by atoms with E-state index in [1.807, 2.05) is 6.07 Å². The van der Waals surface area contributed by atoms with Crippen LogP contribution in [0.4, 0.5) is 4.39 Å². The number of nitrogens with zero attached hydrogens (tertiary/aromatic N) is 2. The van der Waals surface area contributed by atoms with Crippen LogP contribution in [0, 0.1) is 5.82 Å². The second-order valence-electron chi connectivity index (χ2n) is 7.12. The Labute approximate surface area is 158 Å². The number of H-pyrrole nitrogens is 1. The van der Waals surface area contributed by atoms with E-state index in [4.69, 9.17) is 0 Å². The van der Waals surface area contributed by atoms with Crippen molar-refractivity contribution < 1.29 is 9.18 Å². The number of carbonyl (C=O) groups excluding carboxylic acids is 1. The fourth-order valence-corrected chi connectivity index (χ4v) is 3.47. The molecule has 1 aliphatic heterocycles. The molecular weight excluding hydrogens is 345 g/mol. The fourth-order valence-electron chi connectivity index (χ4n) is 3.47. The summed E-state index contributed by atoms with van der Waals surface area (Å²) in [5.74, 6) is 0.338. The van der Waals surface area contributed by atoms with Crippen LogP contribution in [0.25, 0.3) is 0 Å². The third-order valence-electron chi connectivity index (χ3n) is 4.98. The molecule has 2 heterocycles. The number of halogens is 1. The van der Waals surface area contributed by atoms with Gasteiger partial charge in [-0.25, -0.2) is 9.37 Å². The largest absolute Gasteiger partial charge is 0.338 e. The number of carbonyl (C=O) groups is 1. The molecule has 3 rings (SSSR count). The standard InChI is InChI=1S/C21H26FN3O2/c1-2-3-4-5-9-20(26)25-11-10-18-17(14-25)21(27)24-19(23-18)13-15-7-6-8-16(22)12-15/h6-8,12H,2-5,9-11,13-14H2,1H3,(H,23,24,27). The van der Waals surface area contributed by atoms with Gasteiger partial charge >= 0.3 is 0 Å². The Hall–Kier alpha value is -2.50. The molecule has 0 bridgehead atoms. The zero-order valence-corrected chi connectivity index (χ0v) is 15.8. The molecule has 5 nitrogen and oxygen atoms in total. The number of aromatic amines is 1. The third kappa shape index (κ3) is 5.02. The van der Waals surface area contributed by atoms with Gasteiger partial charge in [-0.05, 0) is 24.1 Å². The first kappa shape index (κ1) is 19.3. The molecule has 6 heteroatoms. The summed E-state index contributed by atoms with van der Waals surface area (Å²) in [4.78, 5) is 34.0. The van der Waals surface area contributed by atoms with E-state index in [2.05, 4.69) is 16.9 Å². The molecular formula is C21H26FN3O2. The minimum atomic E-state index is -0.305. The van der Waals surface area contributed by atoms with Gasteiger partial charge in [0.2, 0.25) is 5.91 Å². The fraction of sp³-hybridized carbons (Fsp3) is 0.476. The molecule has 0 atom stereocenters. The van der Waals surface area contributed by atoms with Crippen LogP contribution in [0.5, 0.6) is 0 Å². The van der Waals surface area contributed by atoms with Crippen LogP contribution in [-0.4, -0.2) is 27.3 Å². The topological polar surface area (TPSA) is 66.1 Å². The molecule has 0 saturated carbocycles. The first-order chi connectivity index (χ1) is 13.1. The van der Waals surface area contributed by atoms with E-state index in [0.29, 0.717) is 43.7 Å². The number of benzene rings is 1. The lowest BCUT2D eigenvalue weighted by atomic mass is 10.0. The first-order valence-corrected chi connectivity index (χ1v) is 9.70. The van der Waals surface area contributed by atoms with Crippen molar-refractivity contribution in [3.05, 3.63) is 63.1 Å². The molecule has 1 amide bonds. The molecule has 2 aromatic rings. The van der Waals surface area contributed by atoms with Crippen LogP contribution in [0.3, 0.4) is 0 Å². The summed E-state index contributed by atoms with van der Waals surface area (Å²) in [7, 11) is 0. The summed E-state index contributed by atoms with van der Waals surface area (Å²) < 4.78 is 13.3. The van der Waals surface area contributed by atoms with Crippen molar-refractivity contribution in [3.8, 4) is 0 Å². The number of aromatic nitrogens is 2. The summed E-state index contributed by atoms with van der Waals surface area (Å²) in [5, 5.41) is 0. The van der Waals surface area contributed by atoms with Gasteiger partial charge < -0.3 is 9.88 Å². The highest BCUT2D eigenvalue weighted by atomic mass is 19.1. The maximum atomic E-state index is 13.3. The number of nitrogens with one attached hydrogen (secondary N) is 1. The highest BCUT2D eigenvalue weighted by molar-refractivity contribution is 5.76. The number of rotatable bonds is 7. The molecule has 27 heavy (non-hydrogen) atoms. The molecule has 1 aromatic carbocycles. The number of hydrogen-bond donors (Lipinski definition) is 1. The van der Waals surface area contributed by atoms with Crippen LogP contribution in [0.15, 0.2) is 29.1 Å². The van der Waals surface area contributed by atoms with Gasteiger partial charge in [-0.15, -0.1) is 0 Å². The highest BCUT2D eigenvalue weighted by Crippen LogP contribution is 2.17. The van der Waals surface area contributed by atoms with Gasteiger partial charge in [-0.2, -0.15) is 0 Å². The lowest BCUT2D eigenvalue weighted by molar-refractivity contribution is -0.132. The van der Waals surface area contributed by atoms with Crippen molar-refractivity contribution in [1.29, 1.82) is 0 Å². The summed E-state index contributed by atoms with van der Waals surface area (Å²) in [6, 6.07) is 6.28. The lowest BCUT2D eigenvalue weighted by Gasteiger charge is -2.28. The van der Waals surface area contributed by atoms with E-state index in [1.54, 1.807) is 11.0 Å². The second kappa shape index (κ2) is 8.93. The van der Waals surface area contributed by atoms with Gasteiger partial charge in [0.05, 0.1) is 17.8 Å². The van der Waals surface area contributed by atoms with E-state index in [-0.39, 0.29) is 17.3 Å². The lowest BCUT2D eigenvalue weighted by Crippen LogP contribution is -2.39. The summed E-state index contributed by atoms with van der Waals surface area (Å²) in [6.45, 7) is 3.06. The number of unbranched alkanes of at least 4 members (excludes halogenated alkanes) is 3. The monoisotopic (exact) mass is 371 g/mol. The van der Waals surface area contributed by atoms with Crippen LogP contribution < -0.4 is 5.56 Å². The Kier molecular flexibility index (Phi) is 6.37. The van der Waals surface area contributed by atoms with Crippen molar-refractivity contribution in [2.45, 2.75) is 58.4 Å². The van der Waals surface area contributed by atoms with Gasteiger partial charge in [0.15, 0.2) is 0 Å². The van der Waals surface area contributed by atoms with Gasteiger partial charge in [0.1, 0.15) is 11.6 Å². The number of amides is 1. The van der Waals surface area contributed by atoms with E-state index in [1.165, 1.54) is 12.1 Å². The first-order valence-electron chi connectivity index (χ1n) is 9.70. The molecule has 0 aliphatic carbocycles. The predicted molar refractivity (Wildman–Crippen MR) is 102 cm³/mol. The molecule has 1 N–H and O–H groups in total. The van der Waals surface area contributed by atoms with Crippen LogP contribution in [0.1, 0.15) is 61.7 Å². The van der Waals surface area contributed by atoms with Crippen molar-refractivity contribution in [2.24, 2.45) is 0 Å². The maximum Gasteiger partial charge on any atom is 0.256 e. The molecule has 1 aliphatic rings. The molecule has 0 saturated heterocycles. The molecule has 0 radical (unpaired) electrons. The Morgan fingerprint density at radius 2 is 2.15 bits per heavy atom. The van der Waals surface area contributed by atoms with Crippen molar-refractivity contribution in [1.82, 2.24) is 14.9 Å². The predicted octanol–water partition coefficient (Wildman–Crippen LogP) is 3.35. The average Bonchev–Trinajstić information content (AvgIpc) is 2.65. The van der Waals surface area contributed by atoms with Crippen molar-refractivity contribution in [3.63, 3.8) is 0 Å².